The first kappa shape index (κ1) is 19.4. The van der Waals surface area contributed by atoms with E-state index in [2.05, 4.69) is 20.3 Å². The average molecular weight is 421 g/mol. The maximum atomic E-state index is 13.0. The fraction of sp³-hybridized carbons (Fsp3) is 0.0500. The van der Waals surface area contributed by atoms with Crippen LogP contribution in [0.1, 0.15) is 5.69 Å². The van der Waals surface area contributed by atoms with Gasteiger partial charge in [0, 0.05) is 30.2 Å². The summed E-state index contributed by atoms with van der Waals surface area (Å²) in [5.74, 6) is -0.187. The number of non-ortho nitro benzene ring substituents is 1. The first-order valence-corrected chi connectivity index (χ1v) is 10.5. The number of rotatable bonds is 6. The van der Waals surface area contributed by atoms with Crippen LogP contribution in [-0.2, 0) is 15.6 Å². The van der Waals surface area contributed by atoms with Gasteiger partial charge in [0.15, 0.2) is 15.7 Å². The molecule has 0 spiro atoms. The lowest BCUT2D eigenvalue weighted by molar-refractivity contribution is -0.385. The third-order valence-electron chi connectivity index (χ3n) is 4.30. The zero-order chi connectivity index (χ0) is 21.1. The standard InChI is InChI=1S/C20H15N5O4S/c26-25(27)15-4-3-5-16(12-15)30(28,29)13-19-20(22-14-8-10-21-11-9-14)24-18-7-2-1-6-17(18)23-19/h1-12H,13H2,(H,21,22,24). The topological polar surface area (TPSA) is 128 Å². The lowest BCUT2D eigenvalue weighted by Gasteiger charge is -2.12. The Kier molecular flexibility index (Phi) is 5.07. The predicted octanol–water partition coefficient (Wildman–Crippen LogP) is 3.65. The molecule has 9 nitrogen and oxygen atoms in total. The van der Waals surface area contributed by atoms with E-state index in [-0.39, 0.29) is 22.1 Å². The van der Waals surface area contributed by atoms with Crippen LogP contribution in [0.4, 0.5) is 17.2 Å². The molecule has 0 unspecified atom stereocenters. The number of hydrogen-bond donors (Lipinski definition) is 1. The molecule has 0 aliphatic heterocycles. The van der Waals surface area contributed by atoms with Crippen LogP contribution in [0.15, 0.2) is 78.0 Å². The molecule has 2 aromatic carbocycles. The Morgan fingerprint density at radius 3 is 2.33 bits per heavy atom. The monoisotopic (exact) mass is 421 g/mol. The van der Waals surface area contributed by atoms with Gasteiger partial charge in [0.2, 0.25) is 0 Å². The quantitative estimate of drug-likeness (QED) is 0.369. The Labute approximate surface area is 171 Å². The van der Waals surface area contributed by atoms with Crippen molar-refractivity contribution in [3.63, 3.8) is 0 Å². The highest BCUT2D eigenvalue weighted by atomic mass is 32.2. The summed E-state index contributed by atoms with van der Waals surface area (Å²) < 4.78 is 26.0. The molecule has 0 aliphatic carbocycles. The van der Waals surface area contributed by atoms with E-state index < -0.39 is 20.5 Å². The third kappa shape index (κ3) is 4.08. The molecule has 0 aliphatic rings. The number of hydrogen-bond acceptors (Lipinski definition) is 8. The zero-order valence-electron chi connectivity index (χ0n) is 15.5. The lowest BCUT2D eigenvalue weighted by Crippen LogP contribution is -2.10. The molecular weight excluding hydrogens is 406 g/mol. The van der Waals surface area contributed by atoms with Gasteiger partial charge in [0.1, 0.15) is 5.75 Å². The SMILES string of the molecule is O=[N+]([O-])c1cccc(S(=O)(=O)Cc2nc3ccccc3nc2Nc2ccncc2)c1. The second-order valence-electron chi connectivity index (χ2n) is 6.38. The smallest absolute Gasteiger partial charge is 0.270 e. The molecule has 0 amide bonds. The van der Waals surface area contributed by atoms with Crippen molar-refractivity contribution < 1.29 is 13.3 Å². The Morgan fingerprint density at radius 1 is 0.933 bits per heavy atom. The summed E-state index contributed by atoms with van der Waals surface area (Å²) in [5.41, 5.74) is 1.73. The van der Waals surface area contributed by atoms with E-state index in [4.69, 9.17) is 0 Å². The lowest BCUT2D eigenvalue weighted by atomic mass is 10.3. The Bertz CT molecular complexity index is 1340. The largest absolute Gasteiger partial charge is 0.339 e. The van der Waals surface area contributed by atoms with Crippen LogP contribution in [0.5, 0.6) is 0 Å². The van der Waals surface area contributed by atoms with Gasteiger partial charge in [-0.3, -0.25) is 15.1 Å². The van der Waals surface area contributed by atoms with Crippen LogP contribution in [0.3, 0.4) is 0 Å². The summed E-state index contributed by atoms with van der Waals surface area (Å²) in [4.78, 5) is 23.2. The minimum absolute atomic E-state index is 0.151. The fourth-order valence-electron chi connectivity index (χ4n) is 2.86. The number of nitro benzene ring substituents is 1. The van der Waals surface area contributed by atoms with Gasteiger partial charge in [-0.25, -0.2) is 18.4 Å². The summed E-state index contributed by atoms with van der Waals surface area (Å²) in [6.45, 7) is 0. The van der Waals surface area contributed by atoms with Gasteiger partial charge in [-0.1, -0.05) is 18.2 Å². The second kappa shape index (κ2) is 7.84. The highest BCUT2D eigenvalue weighted by Gasteiger charge is 2.22. The van der Waals surface area contributed by atoms with E-state index in [0.29, 0.717) is 16.7 Å². The molecule has 10 heteroatoms. The van der Waals surface area contributed by atoms with Crippen LogP contribution in [0.25, 0.3) is 11.0 Å². The first-order valence-electron chi connectivity index (χ1n) is 8.82. The molecule has 2 heterocycles. The molecule has 150 valence electrons. The van der Waals surface area contributed by atoms with Gasteiger partial charge in [0.05, 0.1) is 26.5 Å². The van der Waals surface area contributed by atoms with Crippen LogP contribution in [0.2, 0.25) is 0 Å². The number of nitrogens with one attached hydrogen (secondary N) is 1. The second-order valence-corrected chi connectivity index (χ2v) is 8.37. The molecule has 0 bridgehead atoms. The van der Waals surface area contributed by atoms with Gasteiger partial charge in [-0.05, 0) is 30.3 Å². The number of pyridine rings is 1. The normalized spacial score (nSPS) is 11.3. The van der Waals surface area contributed by atoms with E-state index in [1.54, 1.807) is 42.7 Å². The van der Waals surface area contributed by atoms with Gasteiger partial charge in [0.25, 0.3) is 5.69 Å². The predicted molar refractivity (Wildman–Crippen MR) is 111 cm³/mol. The van der Waals surface area contributed by atoms with Gasteiger partial charge >= 0.3 is 0 Å². The number of fused-ring (bicyclic) bond motifs is 1. The highest BCUT2D eigenvalue weighted by molar-refractivity contribution is 7.90. The number of nitro groups is 1. The minimum Gasteiger partial charge on any atom is -0.339 e. The van der Waals surface area contributed by atoms with Gasteiger partial charge in [-0.15, -0.1) is 0 Å². The van der Waals surface area contributed by atoms with Crippen LogP contribution < -0.4 is 5.32 Å². The summed E-state index contributed by atoms with van der Waals surface area (Å²) in [5, 5.41) is 14.1. The third-order valence-corrected chi connectivity index (χ3v) is 5.93. The summed E-state index contributed by atoms with van der Waals surface area (Å²) in [6, 6.07) is 15.5. The number of nitrogens with zero attached hydrogens (tertiary/aromatic N) is 4. The molecule has 1 N–H and O–H groups in total. The molecule has 30 heavy (non-hydrogen) atoms. The minimum atomic E-state index is -3.91. The summed E-state index contributed by atoms with van der Waals surface area (Å²) in [7, 11) is -3.91. The molecule has 0 fully saturated rings. The van der Waals surface area contributed by atoms with Crippen LogP contribution >= 0.6 is 0 Å². The van der Waals surface area contributed by atoms with Crippen LogP contribution in [-0.4, -0.2) is 28.3 Å². The Hall–Kier alpha value is -3.92. The number of para-hydroxylation sites is 2. The maximum absolute atomic E-state index is 13.0. The Morgan fingerprint density at radius 2 is 1.63 bits per heavy atom. The maximum Gasteiger partial charge on any atom is 0.270 e. The molecule has 0 radical (unpaired) electrons. The molecule has 0 saturated carbocycles. The molecule has 4 rings (SSSR count). The van der Waals surface area contributed by atoms with Crippen molar-refractivity contribution in [1.82, 2.24) is 15.0 Å². The molecule has 0 saturated heterocycles. The van der Waals surface area contributed by atoms with Crippen molar-refractivity contribution in [2.24, 2.45) is 0 Å². The van der Waals surface area contributed by atoms with Gasteiger partial charge < -0.3 is 5.32 Å². The van der Waals surface area contributed by atoms with E-state index in [1.807, 2.05) is 6.07 Å². The van der Waals surface area contributed by atoms with Crippen molar-refractivity contribution in [2.45, 2.75) is 10.6 Å². The molecule has 0 atom stereocenters. The number of anilines is 2. The number of benzene rings is 2. The van der Waals surface area contributed by atoms with E-state index in [1.165, 1.54) is 18.2 Å². The molecule has 4 aromatic rings. The van der Waals surface area contributed by atoms with Crippen molar-refractivity contribution in [3.8, 4) is 0 Å². The van der Waals surface area contributed by atoms with Crippen molar-refractivity contribution in [2.75, 3.05) is 5.32 Å². The first-order chi connectivity index (χ1) is 14.4. The van der Waals surface area contributed by atoms with E-state index in [9.17, 15) is 18.5 Å². The average Bonchev–Trinajstić information content (AvgIpc) is 2.75. The van der Waals surface area contributed by atoms with Gasteiger partial charge in [-0.2, -0.15) is 0 Å². The highest BCUT2D eigenvalue weighted by Crippen LogP contribution is 2.26. The van der Waals surface area contributed by atoms with Crippen molar-refractivity contribution >= 4 is 38.1 Å². The fourth-order valence-corrected chi connectivity index (χ4v) is 4.18. The number of sulfone groups is 1. The van der Waals surface area contributed by atoms with Crippen molar-refractivity contribution in [3.05, 3.63) is 88.9 Å². The Balaban J connectivity index is 1.78. The van der Waals surface area contributed by atoms with Crippen LogP contribution in [0, 0.1) is 10.1 Å². The van der Waals surface area contributed by atoms with E-state index in [0.717, 1.165) is 6.07 Å². The number of aromatic nitrogens is 3. The zero-order valence-corrected chi connectivity index (χ0v) is 16.3. The molecular formula is C20H15N5O4S. The summed E-state index contributed by atoms with van der Waals surface area (Å²) in [6.07, 6.45) is 3.19. The molecule has 2 aromatic heterocycles. The summed E-state index contributed by atoms with van der Waals surface area (Å²) >= 11 is 0. The van der Waals surface area contributed by atoms with Crippen molar-refractivity contribution in [1.29, 1.82) is 0 Å². The van der Waals surface area contributed by atoms with E-state index >= 15 is 0 Å².